The first-order valence-corrected chi connectivity index (χ1v) is 8.14. The molecule has 1 aromatic rings. The van der Waals surface area contributed by atoms with Gasteiger partial charge >= 0.3 is 12.1 Å². The average molecular weight is 355 g/mol. The first-order chi connectivity index (χ1) is 11.6. The lowest BCUT2D eigenvalue weighted by Gasteiger charge is -2.33. The Balaban J connectivity index is 1.91. The van der Waals surface area contributed by atoms with Crippen molar-refractivity contribution in [1.82, 2.24) is 10.2 Å². The molecule has 1 saturated heterocycles. The summed E-state index contributed by atoms with van der Waals surface area (Å²) in [6.07, 6.45) is 0.873. The maximum absolute atomic E-state index is 13.6. The summed E-state index contributed by atoms with van der Waals surface area (Å²) in [5, 5.41) is 5.16. The van der Waals surface area contributed by atoms with Crippen LogP contribution < -0.4 is 10.6 Å². The summed E-state index contributed by atoms with van der Waals surface area (Å²) in [6.45, 7) is 6.08. The van der Waals surface area contributed by atoms with Gasteiger partial charge in [-0.1, -0.05) is 0 Å². The number of hydrogen-bond acceptors (Lipinski definition) is 3. The Morgan fingerprint density at radius 3 is 2.64 bits per heavy atom. The normalized spacial score (nSPS) is 17.8. The van der Waals surface area contributed by atoms with Crippen LogP contribution in [0.25, 0.3) is 0 Å². The number of nitrogens with one attached hydrogen (secondary N) is 2. The predicted octanol–water partition coefficient (Wildman–Crippen LogP) is 3.49. The highest BCUT2D eigenvalue weighted by Crippen LogP contribution is 2.17. The van der Waals surface area contributed by atoms with Crippen LogP contribution >= 0.6 is 0 Å². The molecule has 1 fully saturated rings. The maximum Gasteiger partial charge on any atom is 0.407 e. The Hall–Kier alpha value is -2.38. The number of likely N-dealkylation sites (tertiary alicyclic amines) is 1. The average Bonchev–Trinajstić information content (AvgIpc) is 2.48. The number of amides is 3. The Morgan fingerprint density at radius 2 is 2.00 bits per heavy atom. The number of carbonyl (C=O) groups is 2. The highest BCUT2D eigenvalue weighted by Gasteiger charge is 2.27. The first-order valence-electron chi connectivity index (χ1n) is 8.14. The zero-order valence-electron chi connectivity index (χ0n) is 14.6. The van der Waals surface area contributed by atoms with Crippen molar-refractivity contribution in [3.05, 3.63) is 29.8 Å². The third-order valence-electron chi connectivity index (χ3n) is 3.60. The molecule has 0 aliphatic carbocycles. The number of nitrogens with zero attached hydrogens (tertiary/aromatic N) is 1. The van der Waals surface area contributed by atoms with Crippen molar-refractivity contribution in [2.45, 2.75) is 45.3 Å². The quantitative estimate of drug-likeness (QED) is 0.853. The smallest absolute Gasteiger partial charge is 0.407 e. The molecule has 8 heteroatoms. The second kappa shape index (κ2) is 7.67. The summed E-state index contributed by atoms with van der Waals surface area (Å²) < 4.78 is 31.8. The standard InChI is InChI=1S/C17H23F2N3O3/c1-17(2,3)25-16(24)20-12-5-4-8-22(10-12)15(23)21-14-7-6-11(18)9-13(14)19/h6-7,9,12H,4-5,8,10H2,1-3H3,(H,20,24)(H,21,23)/t12-/m1/s1. The predicted molar refractivity (Wildman–Crippen MR) is 89.3 cm³/mol. The fourth-order valence-corrected chi connectivity index (χ4v) is 2.54. The van der Waals surface area contributed by atoms with E-state index in [2.05, 4.69) is 10.6 Å². The van der Waals surface area contributed by atoms with Crippen LogP contribution in [-0.2, 0) is 4.74 Å². The summed E-state index contributed by atoms with van der Waals surface area (Å²) >= 11 is 0. The van der Waals surface area contributed by atoms with Gasteiger partial charge in [-0.05, 0) is 45.7 Å². The number of benzene rings is 1. The van der Waals surface area contributed by atoms with Crippen molar-refractivity contribution in [2.75, 3.05) is 18.4 Å². The highest BCUT2D eigenvalue weighted by atomic mass is 19.1. The van der Waals surface area contributed by atoms with Crippen molar-refractivity contribution in [3.63, 3.8) is 0 Å². The summed E-state index contributed by atoms with van der Waals surface area (Å²) in [4.78, 5) is 25.6. The number of alkyl carbamates (subject to hydrolysis) is 1. The van der Waals surface area contributed by atoms with E-state index in [1.165, 1.54) is 11.0 Å². The third kappa shape index (κ3) is 5.88. The van der Waals surface area contributed by atoms with Gasteiger partial charge in [-0.3, -0.25) is 0 Å². The van der Waals surface area contributed by atoms with Gasteiger partial charge in [0.1, 0.15) is 17.2 Å². The van der Waals surface area contributed by atoms with Gasteiger partial charge in [0.2, 0.25) is 0 Å². The van der Waals surface area contributed by atoms with Crippen LogP contribution in [0.5, 0.6) is 0 Å². The van der Waals surface area contributed by atoms with Crippen molar-refractivity contribution in [3.8, 4) is 0 Å². The van der Waals surface area contributed by atoms with Crippen LogP contribution in [0.2, 0.25) is 0 Å². The number of halogens is 2. The minimum atomic E-state index is -0.839. The number of carbonyl (C=O) groups excluding carboxylic acids is 2. The lowest BCUT2D eigenvalue weighted by Crippen LogP contribution is -2.51. The van der Waals surface area contributed by atoms with Crippen molar-refractivity contribution < 1.29 is 23.1 Å². The van der Waals surface area contributed by atoms with E-state index in [-0.39, 0.29) is 18.3 Å². The van der Waals surface area contributed by atoms with Gasteiger partial charge in [0.15, 0.2) is 0 Å². The molecule has 0 bridgehead atoms. The Labute approximate surface area is 145 Å². The van der Waals surface area contributed by atoms with E-state index in [1.807, 2.05) is 0 Å². The largest absolute Gasteiger partial charge is 0.444 e. The van der Waals surface area contributed by atoms with Crippen LogP contribution in [0.1, 0.15) is 33.6 Å². The molecule has 1 aliphatic heterocycles. The summed E-state index contributed by atoms with van der Waals surface area (Å²) in [5.74, 6) is -1.55. The molecule has 2 rings (SSSR count). The molecule has 138 valence electrons. The zero-order valence-corrected chi connectivity index (χ0v) is 14.6. The Morgan fingerprint density at radius 1 is 1.28 bits per heavy atom. The number of hydrogen-bond donors (Lipinski definition) is 2. The third-order valence-corrected chi connectivity index (χ3v) is 3.60. The van der Waals surface area contributed by atoms with Gasteiger partial charge in [0, 0.05) is 25.2 Å². The van der Waals surface area contributed by atoms with Crippen molar-refractivity contribution >= 4 is 17.8 Å². The lowest BCUT2D eigenvalue weighted by molar-refractivity contribution is 0.0480. The number of piperidine rings is 1. The minimum absolute atomic E-state index is 0.0892. The van der Waals surface area contributed by atoms with E-state index in [1.54, 1.807) is 20.8 Å². The van der Waals surface area contributed by atoms with Gasteiger partial charge in [-0.25, -0.2) is 18.4 Å². The van der Waals surface area contributed by atoms with Crippen LogP contribution in [0.15, 0.2) is 18.2 Å². The van der Waals surface area contributed by atoms with Gasteiger partial charge in [0.25, 0.3) is 0 Å². The number of urea groups is 1. The summed E-state index contributed by atoms with van der Waals surface area (Å²) in [6, 6.07) is 2.21. The summed E-state index contributed by atoms with van der Waals surface area (Å²) in [7, 11) is 0. The monoisotopic (exact) mass is 355 g/mol. The molecule has 0 unspecified atom stereocenters. The molecule has 1 heterocycles. The van der Waals surface area contributed by atoms with Gasteiger partial charge < -0.3 is 20.3 Å². The van der Waals surface area contributed by atoms with E-state index in [0.717, 1.165) is 6.07 Å². The second-order valence-corrected chi connectivity index (χ2v) is 6.99. The Bertz CT molecular complexity index is 647. The second-order valence-electron chi connectivity index (χ2n) is 6.99. The molecule has 25 heavy (non-hydrogen) atoms. The van der Waals surface area contributed by atoms with Gasteiger partial charge in [-0.15, -0.1) is 0 Å². The number of anilines is 1. The van der Waals surface area contributed by atoms with Gasteiger partial charge in [0.05, 0.1) is 5.69 Å². The Kier molecular flexibility index (Phi) is 5.81. The molecule has 6 nitrogen and oxygen atoms in total. The van der Waals surface area contributed by atoms with E-state index >= 15 is 0 Å². The molecule has 0 radical (unpaired) electrons. The van der Waals surface area contributed by atoms with Crippen molar-refractivity contribution in [1.29, 1.82) is 0 Å². The molecule has 3 amide bonds. The van der Waals surface area contributed by atoms with Gasteiger partial charge in [-0.2, -0.15) is 0 Å². The SMILES string of the molecule is CC(C)(C)OC(=O)N[C@@H]1CCCN(C(=O)Nc2ccc(F)cc2F)C1. The number of rotatable bonds is 2. The topological polar surface area (TPSA) is 70.7 Å². The van der Waals surface area contributed by atoms with E-state index in [4.69, 9.17) is 4.74 Å². The van der Waals surface area contributed by atoms with Crippen molar-refractivity contribution in [2.24, 2.45) is 0 Å². The molecule has 1 aromatic carbocycles. The van der Waals surface area contributed by atoms with Crippen LogP contribution in [-0.4, -0.2) is 41.8 Å². The van der Waals surface area contributed by atoms with Crippen LogP contribution in [0.4, 0.5) is 24.1 Å². The first kappa shape index (κ1) is 19.0. The summed E-state index contributed by atoms with van der Waals surface area (Å²) in [5.41, 5.74) is -0.691. The maximum atomic E-state index is 13.6. The molecule has 0 aromatic heterocycles. The van der Waals surface area contributed by atoms with Crippen LogP contribution in [0.3, 0.4) is 0 Å². The molecule has 0 spiro atoms. The molecule has 0 saturated carbocycles. The zero-order chi connectivity index (χ0) is 18.6. The fourth-order valence-electron chi connectivity index (χ4n) is 2.54. The minimum Gasteiger partial charge on any atom is -0.444 e. The lowest BCUT2D eigenvalue weighted by atomic mass is 10.1. The molecule has 1 aliphatic rings. The van der Waals surface area contributed by atoms with E-state index in [0.29, 0.717) is 25.5 Å². The highest BCUT2D eigenvalue weighted by molar-refractivity contribution is 5.89. The molecular weight excluding hydrogens is 332 g/mol. The molecule has 2 N–H and O–H groups in total. The molecular formula is C17H23F2N3O3. The molecule has 1 atom stereocenters. The van der Waals surface area contributed by atoms with E-state index < -0.39 is 29.4 Å². The fraction of sp³-hybridized carbons (Fsp3) is 0.529. The van der Waals surface area contributed by atoms with E-state index in [9.17, 15) is 18.4 Å². The van der Waals surface area contributed by atoms with Crippen LogP contribution in [0, 0.1) is 11.6 Å². The number of ether oxygens (including phenoxy) is 1.